The fraction of sp³-hybridized carbons (Fsp3) is 0.160. The monoisotopic (exact) mass is 431 g/mol. The maximum absolute atomic E-state index is 14.0. The van der Waals surface area contributed by atoms with E-state index in [-0.39, 0.29) is 22.7 Å². The number of nitrogens with one attached hydrogen (secondary N) is 2. The van der Waals surface area contributed by atoms with Crippen LogP contribution in [-0.4, -0.2) is 30.3 Å². The molecule has 7 heteroatoms. The number of benzene rings is 3. The zero-order valence-electron chi connectivity index (χ0n) is 17.5. The Hall–Kier alpha value is -4.00. The van der Waals surface area contributed by atoms with Gasteiger partial charge in [-0.1, -0.05) is 42.5 Å². The van der Waals surface area contributed by atoms with E-state index in [0.717, 1.165) is 5.69 Å². The molecular formula is C25H22FN3O3. The van der Waals surface area contributed by atoms with Crippen molar-refractivity contribution in [3.63, 3.8) is 0 Å². The maximum atomic E-state index is 14.0. The van der Waals surface area contributed by atoms with E-state index >= 15 is 0 Å². The van der Waals surface area contributed by atoms with Crippen LogP contribution in [0.15, 0.2) is 72.8 Å². The number of halogens is 1. The van der Waals surface area contributed by atoms with Crippen LogP contribution in [0.25, 0.3) is 0 Å². The van der Waals surface area contributed by atoms with E-state index in [2.05, 4.69) is 10.6 Å². The summed E-state index contributed by atoms with van der Waals surface area (Å²) in [5, 5.41) is 5.43. The SMILES string of the molecule is Cc1cccc(C(=O)NC2CCN(c3ccccc3)C2=O)c1NC(=O)c1ccccc1F. The van der Waals surface area contributed by atoms with Crippen molar-refractivity contribution in [2.75, 3.05) is 16.8 Å². The molecule has 1 atom stereocenters. The average Bonchev–Trinajstić information content (AvgIpc) is 3.15. The summed E-state index contributed by atoms with van der Waals surface area (Å²) in [7, 11) is 0. The molecule has 1 heterocycles. The molecule has 3 amide bonds. The summed E-state index contributed by atoms with van der Waals surface area (Å²) < 4.78 is 14.0. The first-order valence-electron chi connectivity index (χ1n) is 10.3. The third kappa shape index (κ3) is 4.23. The minimum Gasteiger partial charge on any atom is -0.340 e. The smallest absolute Gasteiger partial charge is 0.258 e. The molecule has 0 aromatic heterocycles. The van der Waals surface area contributed by atoms with Crippen LogP contribution in [-0.2, 0) is 4.79 Å². The Morgan fingerprint density at radius 2 is 1.59 bits per heavy atom. The summed E-state index contributed by atoms with van der Waals surface area (Å²) in [6.07, 6.45) is 0.474. The third-order valence-corrected chi connectivity index (χ3v) is 5.45. The van der Waals surface area contributed by atoms with Crippen LogP contribution in [0, 0.1) is 12.7 Å². The zero-order valence-corrected chi connectivity index (χ0v) is 17.5. The lowest BCUT2D eigenvalue weighted by Crippen LogP contribution is -2.41. The summed E-state index contributed by atoms with van der Waals surface area (Å²) in [5.74, 6) is -1.97. The molecule has 3 aromatic rings. The van der Waals surface area contributed by atoms with Crippen molar-refractivity contribution in [2.45, 2.75) is 19.4 Å². The van der Waals surface area contributed by atoms with Crippen molar-refractivity contribution >= 4 is 29.1 Å². The number of carbonyl (C=O) groups excluding carboxylic acids is 3. The Morgan fingerprint density at radius 1 is 0.906 bits per heavy atom. The molecule has 2 N–H and O–H groups in total. The largest absolute Gasteiger partial charge is 0.340 e. The predicted octanol–water partition coefficient (Wildman–Crippen LogP) is 3.92. The standard InChI is InChI=1S/C25H22FN3O3/c1-16-8-7-12-19(22(16)28-23(30)18-11-5-6-13-20(18)26)24(31)27-21-14-15-29(25(21)32)17-9-3-2-4-10-17/h2-13,21H,14-15H2,1H3,(H,27,31)(H,28,30). The van der Waals surface area contributed by atoms with Gasteiger partial charge in [-0.25, -0.2) is 4.39 Å². The fourth-order valence-electron chi connectivity index (χ4n) is 3.76. The number of para-hydroxylation sites is 2. The number of rotatable bonds is 5. The van der Waals surface area contributed by atoms with Crippen LogP contribution < -0.4 is 15.5 Å². The van der Waals surface area contributed by atoms with Gasteiger partial charge in [0.15, 0.2) is 0 Å². The highest BCUT2D eigenvalue weighted by atomic mass is 19.1. The lowest BCUT2D eigenvalue weighted by molar-refractivity contribution is -0.118. The summed E-state index contributed by atoms with van der Waals surface area (Å²) >= 11 is 0. The van der Waals surface area contributed by atoms with Gasteiger partial charge in [0.05, 0.1) is 16.8 Å². The van der Waals surface area contributed by atoms with Crippen molar-refractivity contribution < 1.29 is 18.8 Å². The van der Waals surface area contributed by atoms with E-state index in [1.54, 1.807) is 36.1 Å². The quantitative estimate of drug-likeness (QED) is 0.643. The molecule has 1 unspecified atom stereocenters. The Labute approximate surface area is 185 Å². The van der Waals surface area contributed by atoms with Crippen LogP contribution in [0.2, 0.25) is 0 Å². The molecule has 0 aliphatic carbocycles. The van der Waals surface area contributed by atoms with Crippen LogP contribution >= 0.6 is 0 Å². The van der Waals surface area contributed by atoms with Crippen molar-refractivity contribution in [1.82, 2.24) is 5.32 Å². The Morgan fingerprint density at radius 3 is 2.34 bits per heavy atom. The second-order valence-electron chi connectivity index (χ2n) is 7.57. The van der Waals surface area contributed by atoms with Gasteiger partial charge in [0.1, 0.15) is 11.9 Å². The number of amides is 3. The summed E-state index contributed by atoms with van der Waals surface area (Å²) in [5.41, 5.74) is 1.80. The molecular weight excluding hydrogens is 409 g/mol. The van der Waals surface area contributed by atoms with Gasteiger partial charge in [0.25, 0.3) is 11.8 Å². The predicted molar refractivity (Wildman–Crippen MR) is 120 cm³/mol. The minimum absolute atomic E-state index is 0.119. The highest BCUT2D eigenvalue weighted by Crippen LogP contribution is 2.24. The molecule has 3 aromatic carbocycles. The zero-order chi connectivity index (χ0) is 22.7. The molecule has 1 aliphatic heterocycles. The van der Waals surface area contributed by atoms with Gasteiger partial charge >= 0.3 is 0 Å². The first kappa shape index (κ1) is 21.2. The highest BCUT2D eigenvalue weighted by molar-refractivity contribution is 6.11. The molecule has 0 bridgehead atoms. The third-order valence-electron chi connectivity index (χ3n) is 5.45. The number of hydrogen-bond donors (Lipinski definition) is 2. The minimum atomic E-state index is -0.668. The van der Waals surface area contributed by atoms with Gasteiger partial charge in [-0.15, -0.1) is 0 Å². The Kier molecular flexibility index (Phi) is 5.98. The number of aryl methyl sites for hydroxylation is 1. The number of hydrogen-bond acceptors (Lipinski definition) is 3. The molecule has 1 saturated heterocycles. The summed E-state index contributed by atoms with van der Waals surface area (Å²) in [4.78, 5) is 40.1. The van der Waals surface area contributed by atoms with Gasteiger partial charge in [-0.3, -0.25) is 14.4 Å². The van der Waals surface area contributed by atoms with Crippen LogP contribution in [0.3, 0.4) is 0 Å². The number of nitrogens with zero attached hydrogens (tertiary/aromatic N) is 1. The first-order valence-corrected chi connectivity index (χ1v) is 10.3. The Bertz CT molecular complexity index is 1180. The normalized spacial score (nSPS) is 15.5. The van der Waals surface area contributed by atoms with Gasteiger partial charge in [0.2, 0.25) is 5.91 Å². The lowest BCUT2D eigenvalue weighted by Gasteiger charge is -2.18. The van der Waals surface area contributed by atoms with Gasteiger partial charge in [0, 0.05) is 12.2 Å². The van der Waals surface area contributed by atoms with E-state index in [9.17, 15) is 18.8 Å². The molecule has 0 radical (unpaired) electrons. The second-order valence-corrected chi connectivity index (χ2v) is 7.57. The highest BCUT2D eigenvalue weighted by Gasteiger charge is 2.34. The first-order chi connectivity index (χ1) is 15.5. The van der Waals surface area contributed by atoms with E-state index in [1.165, 1.54) is 18.2 Å². The fourth-order valence-corrected chi connectivity index (χ4v) is 3.76. The summed E-state index contributed by atoms with van der Waals surface area (Å²) in [6.45, 7) is 2.24. The number of carbonyl (C=O) groups is 3. The van der Waals surface area contributed by atoms with E-state index in [4.69, 9.17) is 0 Å². The topological polar surface area (TPSA) is 78.5 Å². The van der Waals surface area contributed by atoms with Crippen LogP contribution in [0.1, 0.15) is 32.7 Å². The van der Waals surface area contributed by atoms with Gasteiger partial charge in [-0.05, 0) is 49.2 Å². The Balaban J connectivity index is 1.52. The number of anilines is 2. The van der Waals surface area contributed by atoms with E-state index < -0.39 is 23.7 Å². The van der Waals surface area contributed by atoms with Gasteiger partial charge in [-0.2, -0.15) is 0 Å². The molecule has 4 rings (SSSR count). The molecule has 0 saturated carbocycles. The lowest BCUT2D eigenvalue weighted by atomic mass is 10.1. The van der Waals surface area contributed by atoms with Crippen molar-refractivity contribution in [2.24, 2.45) is 0 Å². The molecule has 1 aliphatic rings. The van der Waals surface area contributed by atoms with E-state index in [0.29, 0.717) is 18.5 Å². The molecule has 0 spiro atoms. The van der Waals surface area contributed by atoms with Crippen molar-refractivity contribution in [1.29, 1.82) is 0 Å². The molecule has 32 heavy (non-hydrogen) atoms. The van der Waals surface area contributed by atoms with Crippen molar-refractivity contribution in [3.05, 3.63) is 95.3 Å². The van der Waals surface area contributed by atoms with Gasteiger partial charge < -0.3 is 15.5 Å². The average molecular weight is 431 g/mol. The molecule has 162 valence electrons. The van der Waals surface area contributed by atoms with Crippen LogP contribution in [0.5, 0.6) is 0 Å². The molecule has 1 fully saturated rings. The maximum Gasteiger partial charge on any atom is 0.258 e. The second kappa shape index (κ2) is 9.01. The van der Waals surface area contributed by atoms with Crippen molar-refractivity contribution in [3.8, 4) is 0 Å². The van der Waals surface area contributed by atoms with Crippen LogP contribution in [0.4, 0.5) is 15.8 Å². The van der Waals surface area contributed by atoms with E-state index in [1.807, 2.05) is 30.3 Å². The molecule has 6 nitrogen and oxygen atoms in total. The summed E-state index contributed by atoms with van der Waals surface area (Å²) in [6, 6.07) is 19.2.